The van der Waals surface area contributed by atoms with Gasteiger partial charge in [0.25, 0.3) is 5.56 Å². The standard InChI is InChI=1S/C15H20N4OS/c1-3-6-11-9-14(20)19-15(18-11)21-10-12-7-5-8-13(17-12)16-4-2/h5,7-9H,3-4,6,10H2,1-2H3,(H,16,17)(H,18,19,20). The molecule has 5 nitrogen and oxygen atoms in total. The van der Waals surface area contributed by atoms with Crippen LogP contribution >= 0.6 is 11.8 Å². The predicted octanol–water partition coefficient (Wildman–Crippen LogP) is 2.84. The first-order valence-electron chi connectivity index (χ1n) is 7.14. The Kier molecular flexibility index (Phi) is 5.80. The highest BCUT2D eigenvalue weighted by molar-refractivity contribution is 7.98. The van der Waals surface area contributed by atoms with Crippen molar-refractivity contribution in [2.24, 2.45) is 0 Å². The summed E-state index contributed by atoms with van der Waals surface area (Å²) >= 11 is 1.50. The molecule has 0 aliphatic heterocycles. The molecule has 2 heterocycles. The largest absolute Gasteiger partial charge is 0.370 e. The summed E-state index contributed by atoms with van der Waals surface area (Å²) in [6.07, 6.45) is 1.80. The molecule has 0 bridgehead atoms. The number of nitrogens with one attached hydrogen (secondary N) is 2. The summed E-state index contributed by atoms with van der Waals surface area (Å²) in [6, 6.07) is 7.46. The zero-order valence-electron chi connectivity index (χ0n) is 12.3. The maximum Gasteiger partial charge on any atom is 0.251 e. The summed E-state index contributed by atoms with van der Waals surface area (Å²) in [5.41, 5.74) is 1.71. The van der Waals surface area contributed by atoms with Crippen LogP contribution in [-0.2, 0) is 12.2 Å². The number of aryl methyl sites for hydroxylation is 1. The molecule has 6 heteroatoms. The van der Waals surface area contributed by atoms with Crippen molar-refractivity contribution in [3.63, 3.8) is 0 Å². The van der Waals surface area contributed by atoms with Gasteiger partial charge in [-0.25, -0.2) is 9.97 Å². The van der Waals surface area contributed by atoms with Gasteiger partial charge in [-0.3, -0.25) is 4.79 Å². The molecule has 2 aromatic heterocycles. The minimum atomic E-state index is -0.0923. The first-order valence-corrected chi connectivity index (χ1v) is 8.12. The molecule has 0 aliphatic carbocycles. The molecular weight excluding hydrogens is 284 g/mol. The molecule has 2 N–H and O–H groups in total. The predicted molar refractivity (Wildman–Crippen MR) is 86.8 cm³/mol. The smallest absolute Gasteiger partial charge is 0.251 e. The van der Waals surface area contributed by atoms with E-state index < -0.39 is 0 Å². The summed E-state index contributed by atoms with van der Waals surface area (Å²) in [5.74, 6) is 1.55. The normalized spacial score (nSPS) is 10.6. The van der Waals surface area contributed by atoms with E-state index in [1.807, 2.05) is 25.1 Å². The van der Waals surface area contributed by atoms with Crippen molar-refractivity contribution in [1.29, 1.82) is 0 Å². The van der Waals surface area contributed by atoms with Gasteiger partial charge in [0.15, 0.2) is 5.16 Å². The molecule has 112 valence electrons. The van der Waals surface area contributed by atoms with Crippen molar-refractivity contribution < 1.29 is 0 Å². The molecule has 2 rings (SSSR count). The van der Waals surface area contributed by atoms with E-state index in [4.69, 9.17) is 0 Å². The number of aromatic amines is 1. The first-order chi connectivity index (χ1) is 10.2. The molecule has 0 amide bonds. The lowest BCUT2D eigenvalue weighted by atomic mass is 10.2. The monoisotopic (exact) mass is 304 g/mol. The number of hydrogen-bond donors (Lipinski definition) is 2. The highest BCUT2D eigenvalue weighted by atomic mass is 32.2. The number of aromatic nitrogens is 3. The Morgan fingerprint density at radius 1 is 1.24 bits per heavy atom. The Balaban J connectivity index is 2.05. The van der Waals surface area contributed by atoms with E-state index in [-0.39, 0.29) is 5.56 Å². The van der Waals surface area contributed by atoms with Gasteiger partial charge in [0.2, 0.25) is 0 Å². The number of nitrogens with zero attached hydrogens (tertiary/aromatic N) is 2. The topological polar surface area (TPSA) is 70.7 Å². The van der Waals surface area contributed by atoms with E-state index in [0.717, 1.165) is 36.6 Å². The van der Waals surface area contributed by atoms with Crippen molar-refractivity contribution in [2.45, 2.75) is 37.6 Å². The van der Waals surface area contributed by atoms with Gasteiger partial charge in [-0.05, 0) is 25.5 Å². The summed E-state index contributed by atoms with van der Waals surface area (Å²) in [7, 11) is 0. The maximum absolute atomic E-state index is 11.6. The molecular formula is C15H20N4OS. The van der Waals surface area contributed by atoms with Crippen LogP contribution in [0.15, 0.2) is 34.2 Å². The van der Waals surface area contributed by atoms with Crippen LogP contribution in [-0.4, -0.2) is 21.5 Å². The SMILES string of the molecule is CCCc1cc(=O)[nH]c(SCc2cccc(NCC)n2)n1. The highest BCUT2D eigenvalue weighted by Gasteiger charge is 2.04. The lowest BCUT2D eigenvalue weighted by Gasteiger charge is -2.06. The zero-order chi connectivity index (χ0) is 15.1. The third-order valence-electron chi connectivity index (χ3n) is 2.80. The van der Waals surface area contributed by atoms with Crippen molar-refractivity contribution >= 4 is 17.6 Å². The second kappa shape index (κ2) is 7.83. The van der Waals surface area contributed by atoms with E-state index in [9.17, 15) is 4.79 Å². The Morgan fingerprint density at radius 3 is 2.86 bits per heavy atom. The Bertz CT molecular complexity index is 642. The van der Waals surface area contributed by atoms with Crippen molar-refractivity contribution in [2.75, 3.05) is 11.9 Å². The fourth-order valence-electron chi connectivity index (χ4n) is 1.92. The van der Waals surface area contributed by atoms with Crippen LogP contribution in [0.5, 0.6) is 0 Å². The molecule has 2 aromatic rings. The molecule has 0 saturated heterocycles. The molecule has 0 atom stereocenters. The van der Waals surface area contributed by atoms with E-state index >= 15 is 0 Å². The number of thioether (sulfide) groups is 1. The van der Waals surface area contributed by atoms with Crippen LogP contribution in [0, 0.1) is 0 Å². The van der Waals surface area contributed by atoms with E-state index in [1.165, 1.54) is 11.8 Å². The molecule has 0 radical (unpaired) electrons. The molecule has 0 spiro atoms. The summed E-state index contributed by atoms with van der Waals surface area (Å²) in [5, 5.41) is 3.84. The maximum atomic E-state index is 11.6. The third-order valence-corrected chi connectivity index (χ3v) is 3.71. The van der Waals surface area contributed by atoms with Gasteiger partial charge < -0.3 is 10.3 Å². The van der Waals surface area contributed by atoms with Gasteiger partial charge >= 0.3 is 0 Å². The number of anilines is 1. The van der Waals surface area contributed by atoms with Crippen molar-refractivity contribution in [3.05, 3.63) is 46.0 Å². The number of H-pyrrole nitrogens is 1. The van der Waals surface area contributed by atoms with E-state index in [2.05, 4.69) is 27.2 Å². The minimum absolute atomic E-state index is 0.0923. The summed E-state index contributed by atoms with van der Waals surface area (Å²) < 4.78 is 0. The Hall–Kier alpha value is -1.82. The van der Waals surface area contributed by atoms with Crippen molar-refractivity contribution in [3.8, 4) is 0 Å². The fourth-order valence-corrected chi connectivity index (χ4v) is 2.72. The van der Waals surface area contributed by atoms with Crippen LogP contribution < -0.4 is 10.9 Å². The van der Waals surface area contributed by atoms with Gasteiger partial charge in [-0.1, -0.05) is 31.2 Å². The summed E-state index contributed by atoms with van der Waals surface area (Å²) in [4.78, 5) is 23.3. The van der Waals surface area contributed by atoms with Gasteiger partial charge in [0, 0.05) is 24.1 Å². The van der Waals surface area contributed by atoms with Crippen LogP contribution in [0.2, 0.25) is 0 Å². The molecule has 0 fully saturated rings. The van der Waals surface area contributed by atoms with Crippen LogP contribution in [0.25, 0.3) is 0 Å². The highest BCUT2D eigenvalue weighted by Crippen LogP contribution is 2.18. The fraction of sp³-hybridized carbons (Fsp3) is 0.400. The Labute approximate surface area is 128 Å². The number of pyridine rings is 1. The molecule has 21 heavy (non-hydrogen) atoms. The number of rotatable bonds is 7. The molecule has 0 unspecified atom stereocenters. The zero-order valence-corrected chi connectivity index (χ0v) is 13.2. The lowest BCUT2D eigenvalue weighted by molar-refractivity contribution is 0.815. The van der Waals surface area contributed by atoms with Crippen LogP contribution in [0.1, 0.15) is 31.7 Å². The third kappa shape index (κ3) is 4.90. The van der Waals surface area contributed by atoms with E-state index in [0.29, 0.717) is 10.9 Å². The van der Waals surface area contributed by atoms with Crippen LogP contribution in [0.3, 0.4) is 0 Å². The van der Waals surface area contributed by atoms with Gasteiger partial charge in [-0.2, -0.15) is 0 Å². The van der Waals surface area contributed by atoms with Gasteiger partial charge in [0.05, 0.1) is 5.69 Å². The quantitative estimate of drug-likeness (QED) is 0.608. The minimum Gasteiger partial charge on any atom is -0.370 e. The molecule has 0 aromatic carbocycles. The van der Waals surface area contributed by atoms with Crippen molar-refractivity contribution in [1.82, 2.24) is 15.0 Å². The second-order valence-corrected chi connectivity index (χ2v) is 5.59. The van der Waals surface area contributed by atoms with E-state index in [1.54, 1.807) is 6.07 Å². The first kappa shape index (κ1) is 15.6. The average Bonchev–Trinajstić information content (AvgIpc) is 2.46. The van der Waals surface area contributed by atoms with Crippen LogP contribution in [0.4, 0.5) is 5.82 Å². The number of hydrogen-bond acceptors (Lipinski definition) is 5. The average molecular weight is 304 g/mol. The molecule has 0 saturated carbocycles. The van der Waals surface area contributed by atoms with Gasteiger partial charge in [-0.15, -0.1) is 0 Å². The second-order valence-electron chi connectivity index (χ2n) is 4.63. The Morgan fingerprint density at radius 2 is 2.10 bits per heavy atom. The lowest BCUT2D eigenvalue weighted by Crippen LogP contribution is -2.10. The summed E-state index contributed by atoms with van der Waals surface area (Å²) in [6.45, 7) is 4.96. The van der Waals surface area contributed by atoms with Gasteiger partial charge in [0.1, 0.15) is 5.82 Å². The molecule has 0 aliphatic rings.